The molecule has 2 unspecified atom stereocenters. The molecule has 33 heavy (non-hydrogen) atoms. The van der Waals surface area contributed by atoms with Crippen LogP contribution in [0.15, 0.2) is 65.7 Å². The summed E-state index contributed by atoms with van der Waals surface area (Å²) in [5.74, 6) is 0.724. The molecule has 0 amide bonds. The number of fused-ring (bicyclic) bond motifs is 2. The van der Waals surface area contributed by atoms with Crippen molar-refractivity contribution in [2.75, 3.05) is 11.4 Å². The molecule has 0 saturated carbocycles. The van der Waals surface area contributed by atoms with Crippen molar-refractivity contribution >= 4 is 5.95 Å². The molecule has 3 aromatic heterocycles. The number of pyridine rings is 1. The second-order valence-electron chi connectivity index (χ2n) is 8.66. The Kier molecular flexibility index (Phi) is 4.29. The Morgan fingerprint density at radius 2 is 1.70 bits per heavy atom. The van der Waals surface area contributed by atoms with E-state index in [1.54, 1.807) is 24.0 Å². The van der Waals surface area contributed by atoms with E-state index < -0.39 is 0 Å². The molecule has 8 nitrogen and oxygen atoms in total. The maximum absolute atomic E-state index is 12.8. The molecule has 2 bridgehead atoms. The zero-order valence-electron chi connectivity index (χ0n) is 18.1. The van der Waals surface area contributed by atoms with Gasteiger partial charge in [0.2, 0.25) is 17.7 Å². The van der Waals surface area contributed by atoms with Gasteiger partial charge in [-0.15, -0.1) is 0 Å². The van der Waals surface area contributed by atoms with Gasteiger partial charge in [0.05, 0.1) is 17.4 Å². The van der Waals surface area contributed by atoms with Gasteiger partial charge in [0.15, 0.2) is 0 Å². The van der Waals surface area contributed by atoms with Gasteiger partial charge in [0, 0.05) is 54.7 Å². The van der Waals surface area contributed by atoms with Gasteiger partial charge in [-0.05, 0) is 37.1 Å². The van der Waals surface area contributed by atoms with E-state index >= 15 is 0 Å². The van der Waals surface area contributed by atoms with E-state index in [0.717, 1.165) is 29.5 Å². The predicted octanol–water partition coefficient (Wildman–Crippen LogP) is 3.48. The summed E-state index contributed by atoms with van der Waals surface area (Å²) in [5.41, 5.74) is 3.50. The number of anilines is 1. The first-order valence-electron chi connectivity index (χ1n) is 11.0. The third-order valence-corrected chi connectivity index (χ3v) is 6.88. The van der Waals surface area contributed by atoms with Crippen molar-refractivity contribution in [1.82, 2.24) is 19.1 Å². The van der Waals surface area contributed by atoms with Gasteiger partial charge in [-0.1, -0.05) is 18.2 Å². The third-order valence-electron chi connectivity index (χ3n) is 6.88. The molecule has 1 aliphatic carbocycles. The van der Waals surface area contributed by atoms with Crippen LogP contribution in [0, 0.1) is 0 Å². The van der Waals surface area contributed by atoms with E-state index in [-0.39, 0.29) is 29.3 Å². The first-order valence-corrected chi connectivity index (χ1v) is 11.0. The second kappa shape index (κ2) is 7.23. The van der Waals surface area contributed by atoms with Crippen molar-refractivity contribution in [3.63, 3.8) is 0 Å². The molecule has 5 heterocycles. The fourth-order valence-corrected chi connectivity index (χ4v) is 5.32. The smallest absolute Gasteiger partial charge is 0.255 e. The lowest BCUT2D eigenvalue weighted by Gasteiger charge is -2.45. The lowest BCUT2D eigenvalue weighted by Crippen LogP contribution is -2.44. The molecule has 0 spiro atoms. The molecular formula is C25H23N5O3. The van der Waals surface area contributed by atoms with Crippen LogP contribution in [0.2, 0.25) is 0 Å². The second-order valence-corrected chi connectivity index (χ2v) is 8.66. The predicted molar refractivity (Wildman–Crippen MR) is 124 cm³/mol. The van der Waals surface area contributed by atoms with Crippen molar-refractivity contribution in [2.24, 2.45) is 7.05 Å². The normalized spacial score (nSPS) is 19.0. The number of para-hydroxylation sites is 1. The van der Waals surface area contributed by atoms with Crippen LogP contribution < -0.4 is 10.5 Å². The lowest BCUT2D eigenvalue weighted by molar-refractivity contribution is 0.358. The van der Waals surface area contributed by atoms with Crippen molar-refractivity contribution in [2.45, 2.75) is 24.8 Å². The Morgan fingerprint density at radius 1 is 0.970 bits per heavy atom. The first kappa shape index (κ1) is 19.6. The Morgan fingerprint density at radius 3 is 2.45 bits per heavy atom. The van der Waals surface area contributed by atoms with E-state index in [0.29, 0.717) is 23.9 Å². The topological polar surface area (TPSA) is 96.4 Å². The van der Waals surface area contributed by atoms with E-state index in [1.165, 1.54) is 10.6 Å². The number of hydrogen-bond donors (Lipinski definition) is 2. The summed E-state index contributed by atoms with van der Waals surface area (Å²) in [4.78, 5) is 23.8. The summed E-state index contributed by atoms with van der Waals surface area (Å²) in [6.45, 7) is 0.615. The zero-order chi connectivity index (χ0) is 22.7. The van der Waals surface area contributed by atoms with E-state index in [9.17, 15) is 15.0 Å². The highest BCUT2D eigenvalue weighted by atomic mass is 16.3. The minimum Gasteiger partial charge on any atom is -0.494 e. The Bertz CT molecular complexity index is 1410. The summed E-state index contributed by atoms with van der Waals surface area (Å²) in [7, 11) is 1.72. The van der Waals surface area contributed by atoms with Crippen molar-refractivity contribution < 1.29 is 10.2 Å². The number of nitrogens with zero attached hydrogens (tertiary/aromatic N) is 5. The van der Waals surface area contributed by atoms with E-state index in [4.69, 9.17) is 4.98 Å². The Hall–Kier alpha value is -4.07. The summed E-state index contributed by atoms with van der Waals surface area (Å²) in [6, 6.07) is 14.4. The number of benzene rings is 1. The molecule has 2 atom stereocenters. The quantitative estimate of drug-likeness (QED) is 0.505. The van der Waals surface area contributed by atoms with Crippen LogP contribution in [0.25, 0.3) is 16.9 Å². The lowest BCUT2D eigenvalue weighted by atomic mass is 9.76. The average Bonchev–Trinajstić information content (AvgIpc) is 3.14. The van der Waals surface area contributed by atoms with Gasteiger partial charge in [0.25, 0.3) is 5.56 Å². The van der Waals surface area contributed by atoms with Crippen LogP contribution in [0.3, 0.4) is 0 Å². The summed E-state index contributed by atoms with van der Waals surface area (Å²) in [6.07, 6.45) is 5.06. The first-order chi connectivity index (χ1) is 16.0. The number of aromatic nitrogens is 4. The summed E-state index contributed by atoms with van der Waals surface area (Å²) in [5, 5.41) is 22.3. The SMILES string of the molecule is Cn1c(N2CC3CCC2c2c3c(O)n(-c3ccccc3)c2O)nc(-c2ccncc2)cc1=O. The van der Waals surface area contributed by atoms with Gasteiger partial charge < -0.3 is 15.1 Å². The number of rotatable bonds is 3. The molecule has 1 aromatic carbocycles. The molecule has 166 valence electrons. The minimum atomic E-state index is -0.188. The highest BCUT2D eigenvalue weighted by Crippen LogP contribution is 2.56. The molecule has 0 radical (unpaired) electrons. The molecule has 2 N–H and O–H groups in total. The molecule has 8 heteroatoms. The largest absolute Gasteiger partial charge is 0.494 e. The minimum absolute atomic E-state index is 0.0299. The molecule has 2 aliphatic heterocycles. The van der Waals surface area contributed by atoms with Gasteiger partial charge in [0.1, 0.15) is 0 Å². The van der Waals surface area contributed by atoms with Gasteiger partial charge in [-0.3, -0.25) is 18.9 Å². The Balaban J connectivity index is 1.49. The summed E-state index contributed by atoms with van der Waals surface area (Å²) < 4.78 is 3.06. The highest BCUT2D eigenvalue weighted by Gasteiger charge is 2.46. The maximum Gasteiger partial charge on any atom is 0.255 e. The van der Waals surface area contributed by atoms with Gasteiger partial charge in [-0.25, -0.2) is 4.98 Å². The fraction of sp³-hybridized carbons (Fsp3) is 0.240. The molecule has 3 aliphatic rings. The van der Waals surface area contributed by atoms with Crippen molar-refractivity contribution in [3.05, 3.63) is 82.4 Å². The van der Waals surface area contributed by atoms with Gasteiger partial charge >= 0.3 is 0 Å². The van der Waals surface area contributed by atoms with Crippen LogP contribution in [0.4, 0.5) is 5.95 Å². The average molecular weight is 441 g/mol. The zero-order valence-corrected chi connectivity index (χ0v) is 18.1. The third kappa shape index (κ3) is 2.87. The molecule has 1 saturated heterocycles. The summed E-state index contributed by atoms with van der Waals surface area (Å²) >= 11 is 0. The maximum atomic E-state index is 12.8. The molecular weight excluding hydrogens is 418 g/mol. The molecule has 1 fully saturated rings. The van der Waals surface area contributed by atoms with Crippen LogP contribution in [-0.2, 0) is 7.05 Å². The molecule has 4 aromatic rings. The van der Waals surface area contributed by atoms with Crippen LogP contribution in [-0.4, -0.2) is 35.9 Å². The highest BCUT2D eigenvalue weighted by molar-refractivity contribution is 5.63. The number of aromatic hydroxyl groups is 2. The van der Waals surface area contributed by atoms with E-state index in [2.05, 4.69) is 9.88 Å². The standard InChI is InChI=1S/C25H23N5O3/c1-28-20(31)13-18(15-9-11-26-12-10-15)27-25(28)29-14-16-7-8-19(29)22-21(16)23(32)30(24(22)33)17-5-3-2-4-6-17/h2-6,9-13,16,19,32-33H,7-8,14H2,1H3. The number of hydrogen-bond acceptors (Lipinski definition) is 6. The van der Waals surface area contributed by atoms with Crippen LogP contribution in [0.1, 0.15) is 35.9 Å². The van der Waals surface area contributed by atoms with Gasteiger partial charge in [-0.2, -0.15) is 0 Å². The van der Waals surface area contributed by atoms with Crippen LogP contribution >= 0.6 is 0 Å². The number of piperidine rings is 1. The van der Waals surface area contributed by atoms with Crippen molar-refractivity contribution in [1.29, 1.82) is 0 Å². The Labute approximate surface area is 190 Å². The van der Waals surface area contributed by atoms with E-state index in [1.807, 2.05) is 42.5 Å². The molecule has 7 rings (SSSR count). The fourth-order valence-electron chi connectivity index (χ4n) is 5.32. The van der Waals surface area contributed by atoms with Crippen molar-refractivity contribution in [3.8, 4) is 28.7 Å². The monoisotopic (exact) mass is 441 g/mol. The van der Waals surface area contributed by atoms with Crippen LogP contribution in [0.5, 0.6) is 11.8 Å².